The zero-order valence-corrected chi connectivity index (χ0v) is 18.2. The van der Waals surface area contributed by atoms with Crippen molar-refractivity contribution in [2.24, 2.45) is 0 Å². The quantitative estimate of drug-likeness (QED) is 0.562. The highest BCUT2D eigenvalue weighted by Gasteiger charge is 2.37. The number of fused-ring (bicyclic) bond motifs is 1. The molecule has 2 N–H and O–H groups in total. The van der Waals surface area contributed by atoms with Crippen molar-refractivity contribution in [2.75, 3.05) is 24.9 Å². The van der Waals surface area contributed by atoms with Crippen molar-refractivity contribution in [3.63, 3.8) is 0 Å². The van der Waals surface area contributed by atoms with Crippen molar-refractivity contribution in [3.8, 4) is 11.5 Å². The van der Waals surface area contributed by atoms with E-state index < -0.39 is 0 Å². The number of nitrogens with one attached hydrogen (secondary N) is 2. The Balaban J connectivity index is 1.64. The van der Waals surface area contributed by atoms with Crippen LogP contribution in [0.25, 0.3) is 0 Å². The smallest absolute Gasteiger partial charge is 0.163 e. The van der Waals surface area contributed by atoms with Gasteiger partial charge in [0.05, 0.1) is 31.6 Å². The van der Waals surface area contributed by atoms with Crippen LogP contribution in [0.1, 0.15) is 35.9 Å². The van der Waals surface area contributed by atoms with Crippen LogP contribution in [0.15, 0.2) is 84.1 Å². The summed E-state index contributed by atoms with van der Waals surface area (Å²) in [6, 6.07) is 23.8. The number of methoxy groups -OCH3 is 2. The third kappa shape index (κ3) is 3.60. The van der Waals surface area contributed by atoms with E-state index in [0.29, 0.717) is 17.9 Å². The molecular weight excluding hydrogens is 400 g/mol. The lowest BCUT2D eigenvalue weighted by atomic mass is 9.78. The zero-order valence-electron chi connectivity index (χ0n) is 18.2. The standard InChI is InChI=1S/C27H26N2O3/c1-31-19-12-13-20(25(16-19)32-2)27-26-23(28-21-10-6-7-11-22(21)29-27)14-18(15-24(26)30)17-8-4-3-5-9-17/h3-13,16,18,27-29H,14-15H2,1-2H3/t18-,27+/m0/s1. The predicted octanol–water partition coefficient (Wildman–Crippen LogP) is 5.68. The zero-order chi connectivity index (χ0) is 22.1. The second-order valence-electron chi connectivity index (χ2n) is 8.19. The summed E-state index contributed by atoms with van der Waals surface area (Å²) in [7, 11) is 3.28. The molecule has 3 aromatic rings. The van der Waals surface area contributed by atoms with Crippen LogP contribution in [0.5, 0.6) is 11.5 Å². The molecule has 32 heavy (non-hydrogen) atoms. The average Bonchev–Trinajstić information content (AvgIpc) is 3.01. The number of hydrogen-bond donors (Lipinski definition) is 2. The average molecular weight is 427 g/mol. The molecule has 0 saturated carbocycles. The van der Waals surface area contributed by atoms with Gasteiger partial charge in [-0.2, -0.15) is 0 Å². The molecule has 0 saturated heterocycles. The maximum absolute atomic E-state index is 13.6. The minimum atomic E-state index is -0.328. The minimum Gasteiger partial charge on any atom is -0.497 e. The lowest BCUT2D eigenvalue weighted by Gasteiger charge is -2.30. The van der Waals surface area contributed by atoms with Gasteiger partial charge in [-0.25, -0.2) is 0 Å². The first-order valence-corrected chi connectivity index (χ1v) is 10.8. The topological polar surface area (TPSA) is 59.6 Å². The number of Topliss-reactive ketones (excluding diaryl/α,β-unsaturated/α-hetero) is 1. The lowest BCUT2D eigenvalue weighted by molar-refractivity contribution is -0.116. The van der Waals surface area contributed by atoms with Gasteiger partial charge < -0.3 is 20.1 Å². The molecule has 162 valence electrons. The first kappa shape index (κ1) is 20.2. The third-order valence-electron chi connectivity index (χ3n) is 6.33. The van der Waals surface area contributed by atoms with E-state index in [1.165, 1.54) is 5.56 Å². The molecule has 1 aliphatic heterocycles. The van der Waals surface area contributed by atoms with Crippen molar-refractivity contribution in [2.45, 2.75) is 24.8 Å². The van der Waals surface area contributed by atoms with Gasteiger partial charge in [-0.05, 0) is 42.2 Å². The Labute approximate surface area is 188 Å². The van der Waals surface area contributed by atoms with Gasteiger partial charge >= 0.3 is 0 Å². The van der Waals surface area contributed by atoms with E-state index in [-0.39, 0.29) is 17.7 Å². The Morgan fingerprint density at radius 3 is 2.34 bits per heavy atom. The maximum atomic E-state index is 13.6. The van der Waals surface area contributed by atoms with Gasteiger partial charge in [0, 0.05) is 29.3 Å². The van der Waals surface area contributed by atoms with E-state index in [1.807, 2.05) is 60.7 Å². The Morgan fingerprint density at radius 1 is 0.844 bits per heavy atom. The van der Waals surface area contributed by atoms with Crippen LogP contribution in [0, 0.1) is 0 Å². The van der Waals surface area contributed by atoms with Crippen LogP contribution in [0.4, 0.5) is 11.4 Å². The second kappa shape index (κ2) is 8.42. The SMILES string of the molecule is COc1ccc([C@H]2Nc3ccccc3NC3=C2C(=O)C[C@@H](c2ccccc2)C3)c(OC)c1. The summed E-state index contributed by atoms with van der Waals surface area (Å²) in [5.41, 5.74) is 5.77. The molecule has 0 spiro atoms. The molecule has 2 aliphatic rings. The van der Waals surface area contributed by atoms with Crippen LogP contribution in [-0.2, 0) is 4.79 Å². The monoisotopic (exact) mass is 426 g/mol. The first-order valence-electron chi connectivity index (χ1n) is 10.8. The highest BCUT2D eigenvalue weighted by Crippen LogP contribution is 2.46. The van der Waals surface area contributed by atoms with E-state index in [4.69, 9.17) is 9.47 Å². The molecule has 2 atom stereocenters. The van der Waals surface area contributed by atoms with Crippen molar-refractivity contribution in [3.05, 3.63) is 95.2 Å². The fourth-order valence-corrected chi connectivity index (χ4v) is 4.74. The third-order valence-corrected chi connectivity index (χ3v) is 6.33. The lowest BCUT2D eigenvalue weighted by Crippen LogP contribution is -2.27. The normalized spacial score (nSPS) is 19.8. The van der Waals surface area contributed by atoms with Crippen molar-refractivity contribution in [1.82, 2.24) is 0 Å². The Bertz CT molecular complexity index is 1190. The molecule has 0 amide bonds. The van der Waals surface area contributed by atoms with E-state index in [1.54, 1.807) is 14.2 Å². The molecule has 3 aromatic carbocycles. The summed E-state index contributed by atoms with van der Waals surface area (Å²) in [4.78, 5) is 13.6. The van der Waals surface area contributed by atoms with Crippen molar-refractivity contribution in [1.29, 1.82) is 0 Å². The van der Waals surface area contributed by atoms with E-state index >= 15 is 0 Å². The Hall–Kier alpha value is -3.73. The number of allylic oxidation sites excluding steroid dienone is 1. The number of benzene rings is 3. The van der Waals surface area contributed by atoms with Crippen molar-refractivity contribution >= 4 is 17.2 Å². The summed E-state index contributed by atoms with van der Waals surface area (Å²) >= 11 is 0. The molecule has 0 radical (unpaired) electrons. The molecule has 5 nitrogen and oxygen atoms in total. The van der Waals surface area contributed by atoms with E-state index in [0.717, 1.165) is 34.6 Å². The summed E-state index contributed by atoms with van der Waals surface area (Å²) in [5.74, 6) is 1.70. The molecule has 1 aliphatic carbocycles. The van der Waals surface area contributed by atoms with Gasteiger partial charge in [0.1, 0.15) is 11.5 Å². The van der Waals surface area contributed by atoms with Gasteiger partial charge in [-0.3, -0.25) is 4.79 Å². The molecular formula is C27H26N2O3. The number of hydrogen-bond acceptors (Lipinski definition) is 5. The molecule has 1 heterocycles. The van der Waals surface area contributed by atoms with Crippen LogP contribution >= 0.6 is 0 Å². The Kier molecular flexibility index (Phi) is 5.31. The van der Waals surface area contributed by atoms with Crippen LogP contribution in [0.3, 0.4) is 0 Å². The molecule has 0 unspecified atom stereocenters. The molecule has 0 aromatic heterocycles. The summed E-state index contributed by atoms with van der Waals surface area (Å²) < 4.78 is 11.1. The summed E-state index contributed by atoms with van der Waals surface area (Å²) in [6.45, 7) is 0. The highest BCUT2D eigenvalue weighted by molar-refractivity contribution is 6.01. The number of ether oxygens (including phenoxy) is 2. The highest BCUT2D eigenvalue weighted by atomic mass is 16.5. The fraction of sp³-hybridized carbons (Fsp3) is 0.222. The van der Waals surface area contributed by atoms with Gasteiger partial charge in [0.15, 0.2) is 5.78 Å². The fourth-order valence-electron chi connectivity index (χ4n) is 4.74. The van der Waals surface area contributed by atoms with Crippen LogP contribution in [-0.4, -0.2) is 20.0 Å². The van der Waals surface area contributed by atoms with Crippen LogP contribution < -0.4 is 20.1 Å². The number of anilines is 2. The number of carbonyl (C=O) groups is 1. The maximum Gasteiger partial charge on any atom is 0.163 e. The summed E-state index contributed by atoms with van der Waals surface area (Å²) in [5, 5.41) is 7.19. The minimum absolute atomic E-state index is 0.149. The number of rotatable bonds is 4. The van der Waals surface area contributed by atoms with Gasteiger partial charge in [-0.1, -0.05) is 42.5 Å². The first-order chi connectivity index (χ1) is 15.7. The largest absolute Gasteiger partial charge is 0.497 e. The number of carbonyl (C=O) groups excluding carboxylic acids is 1. The second-order valence-corrected chi connectivity index (χ2v) is 8.19. The van der Waals surface area contributed by atoms with Crippen molar-refractivity contribution < 1.29 is 14.3 Å². The number of para-hydroxylation sites is 2. The number of ketones is 1. The van der Waals surface area contributed by atoms with Gasteiger partial charge in [0.25, 0.3) is 0 Å². The molecule has 5 heteroatoms. The molecule has 0 fully saturated rings. The van der Waals surface area contributed by atoms with E-state index in [2.05, 4.69) is 22.8 Å². The van der Waals surface area contributed by atoms with Gasteiger partial charge in [-0.15, -0.1) is 0 Å². The van der Waals surface area contributed by atoms with Crippen LogP contribution in [0.2, 0.25) is 0 Å². The van der Waals surface area contributed by atoms with Gasteiger partial charge in [0.2, 0.25) is 0 Å². The Morgan fingerprint density at radius 2 is 1.59 bits per heavy atom. The van der Waals surface area contributed by atoms with E-state index in [9.17, 15) is 4.79 Å². The molecule has 0 bridgehead atoms. The predicted molar refractivity (Wildman–Crippen MR) is 126 cm³/mol. The summed E-state index contributed by atoms with van der Waals surface area (Å²) in [6.07, 6.45) is 1.26. The molecule has 5 rings (SSSR count).